The van der Waals surface area contributed by atoms with E-state index < -0.39 is 6.04 Å². The number of allylic oxidation sites excluding steroid dienone is 1. The second-order valence-corrected chi connectivity index (χ2v) is 13.4. The number of aromatic nitrogens is 3. The number of hydrogen-bond acceptors (Lipinski definition) is 8. The van der Waals surface area contributed by atoms with Crippen LogP contribution in [0.3, 0.4) is 0 Å². The molecular formula is C37H35BrClN5O4S. The lowest BCUT2D eigenvalue weighted by Crippen LogP contribution is -2.31. The minimum atomic E-state index is -0.673. The lowest BCUT2D eigenvalue weighted by molar-refractivity contribution is -0.113. The zero-order valence-corrected chi connectivity index (χ0v) is 30.6. The van der Waals surface area contributed by atoms with Gasteiger partial charge in [0.05, 0.1) is 29.4 Å². The Hall–Kier alpha value is -4.45. The molecule has 0 fully saturated rings. The number of hydrogen-bond donors (Lipinski definition) is 2. The molecule has 252 valence electrons. The van der Waals surface area contributed by atoms with Crippen molar-refractivity contribution in [2.45, 2.75) is 44.3 Å². The normalized spacial score (nSPS) is 13.8. The molecule has 5 aromatic rings. The molecule has 9 nitrogen and oxygen atoms in total. The fraction of sp³-hybridized carbons (Fsp3) is 0.216. The maximum absolute atomic E-state index is 14.3. The van der Waals surface area contributed by atoms with Crippen molar-refractivity contribution in [3.05, 3.63) is 128 Å². The first-order chi connectivity index (χ1) is 23.8. The van der Waals surface area contributed by atoms with E-state index in [2.05, 4.69) is 39.6 Å². The number of rotatable bonds is 12. The lowest BCUT2D eigenvalue weighted by atomic mass is 9.94. The molecule has 1 aliphatic rings. The highest BCUT2D eigenvalue weighted by Gasteiger charge is 2.36. The highest BCUT2D eigenvalue weighted by atomic mass is 79.9. The molecule has 49 heavy (non-hydrogen) atoms. The number of carbonyl (C=O) groups excluding carboxylic acids is 1. The Morgan fingerprint density at radius 3 is 2.49 bits per heavy atom. The first-order valence-electron chi connectivity index (χ1n) is 15.7. The van der Waals surface area contributed by atoms with Crippen LogP contribution in [0.1, 0.15) is 42.1 Å². The van der Waals surface area contributed by atoms with Gasteiger partial charge in [-0.3, -0.25) is 4.79 Å². The molecule has 1 atom stereocenters. The second-order valence-electron chi connectivity index (χ2n) is 11.2. The zero-order valence-electron chi connectivity index (χ0n) is 27.4. The molecule has 0 saturated carbocycles. The van der Waals surface area contributed by atoms with Crippen molar-refractivity contribution in [2.75, 3.05) is 24.4 Å². The number of amides is 1. The van der Waals surface area contributed by atoms with Gasteiger partial charge < -0.3 is 24.8 Å². The Bertz CT molecular complexity index is 2030. The number of ether oxygens (including phenoxy) is 3. The number of carbonyl (C=O) groups is 1. The minimum absolute atomic E-state index is 0.316. The molecule has 0 bridgehead atoms. The molecule has 0 aliphatic carbocycles. The van der Waals surface area contributed by atoms with E-state index in [9.17, 15) is 4.79 Å². The van der Waals surface area contributed by atoms with Crippen LogP contribution in [0.5, 0.6) is 17.2 Å². The number of para-hydroxylation sites is 2. The highest BCUT2D eigenvalue weighted by molar-refractivity contribution is 9.10. The number of thioether (sulfide) groups is 1. The van der Waals surface area contributed by atoms with Gasteiger partial charge in [-0.15, -0.1) is 5.10 Å². The molecule has 0 saturated heterocycles. The molecule has 2 N–H and O–H groups in total. The number of nitrogens with zero attached hydrogens (tertiary/aromatic N) is 3. The first-order valence-corrected chi connectivity index (χ1v) is 17.8. The van der Waals surface area contributed by atoms with E-state index in [0.29, 0.717) is 73.8 Å². The van der Waals surface area contributed by atoms with Gasteiger partial charge in [-0.05, 0) is 89.3 Å². The molecule has 12 heteroatoms. The van der Waals surface area contributed by atoms with Gasteiger partial charge in [0.15, 0.2) is 11.5 Å². The lowest BCUT2D eigenvalue weighted by Gasteiger charge is -2.29. The summed E-state index contributed by atoms with van der Waals surface area (Å²) in [5.41, 5.74) is 5.56. The van der Waals surface area contributed by atoms with Crippen molar-refractivity contribution in [1.82, 2.24) is 14.8 Å². The first kappa shape index (κ1) is 34.4. The summed E-state index contributed by atoms with van der Waals surface area (Å²) in [6.07, 6.45) is 0. The molecule has 1 aromatic heterocycles. The van der Waals surface area contributed by atoms with Crippen molar-refractivity contribution in [3.8, 4) is 17.2 Å². The van der Waals surface area contributed by atoms with E-state index >= 15 is 0 Å². The van der Waals surface area contributed by atoms with Gasteiger partial charge in [-0.2, -0.15) is 4.98 Å². The van der Waals surface area contributed by atoms with E-state index in [0.717, 1.165) is 22.3 Å². The number of nitrogens with one attached hydrogen (secondary N) is 2. The number of aryl methyl sites for hydroxylation is 1. The van der Waals surface area contributed by atoms with Crippen LogP contribution in [0, 0.1) is 6.92 Å². The summed E-state index contributed by atoms with van der Waals surface area (Å²) >= 11 is 11.6. The van der Waals surface area contributed by atoms with Crippen molar-refractivity contribution in [2.24, 2.45) is 0 Å². The third-order valence-electron chi connectivity index (χ3n) is 8.03. The summed E-state index contributed by atoms with van der Waals surface area (Å²) in [5.74, 6) is 2.40. The monoisotopic (exact) mass is 759 g/mol. The Morgan fingerprint density at radius 1 is 1.00 bits per heavy atom. The SMILES string of the molecule is CCOc1ccccc1NC(=O)C1=C(C)Nc2nc(SCc3ccccc3Cl)nn2C1c1cc(Br)c(OCc2ccccc2C)c(OC)c1. The topological polar surface area (TPSA) is 99.5 Å². The minimum Gasteiger partial charge on any atom is -0.493 e. The Labute approximate surface area is 303 Å². The molecule has 2 heterocycles. The van der Waals surface area contributed by atoms with Gasteiger partial charge in [0, 0.05) is 16.5 Å². The van der Waals surface area contributed by atoms with Crippen molar-refractivity contribution < 1.29 is 19.0 Å². The number of methoxy groups -OCH3 is 1. The van der Waals surface area contributed by atoms with Gasteiger partial charge in [-0.1, -0.05) is 78.0 Å². The van der Waals surface area contributed by atoms with Gasteiger partial charge in [0.25, 0.3) is 5.91 Å². The summed E-state index contributed by atoms with van der Waals surface area (Å²) in [5, 5.41) is 12.5. The molecule has 1 aliphatic heterocycles. The zero-order chi connectivity index (χ0) is 34.5. The van der Waals surface area contributed by atoms with Crippen LogP contribution in [-0.4, -0.2) is 34.4 Å². The smallest absolute Gasteiger partial charge is 0.255 e. The maximum atomic E-state index is 14.3. The fourth-order valence-corrected chi connectivity index (χ4v) is 7.24. The van der Waals surface area contributed by atoms with Crippen LogP contribution >= 0.6 is 39.3 Å². The van der Waals surface area contributed by atoms with Crippen LogP contribution in [0.4, 0.5) is 11.6 Å². The van der Waals surface area contributed by atoms with Crippen molar-refractivity contribution in [1.29, 1.82) is 0 Å². The van der Waals surface area contributed by atoms with Gasteiger partial charge in [0.2, 0.25) is 11.1 Å². The number of fused-ring (bicyclic) bond motifs is 1. The molecular weight excluding hydrogens is 726 g/mol. The average molecular weight is 761 g/mol. The summed E-state index contributed by atoms with van der Waals surface area (Å²) in [4.78, 5) is 19.1. The Kier molecular flexibility index (Phi) is 10.8. The van der Waals surface area contributed by atoms with Crippen LogP contribution in [-0.2, 0) is 17.2 Å². The number of benzene rings is 4. The van der Waals surface area contributed by atoms with E-state index in [1.807, 2.05) is 92.7 Å². The fourth-order valence-electron chi connectivity index (χ4n) is 5.55. The quantitative estimate of drug-likeness (QED) is 0.122. The maximum Gasteiger partial charge on any atom is 0.255 e. The van der Waals surface area contributed by atoms with E-state index in [-0.39, 0.29) is 5.91 Å². The Balaban J connectivity index is 1.39. The van der Waals surface area contributed by atoms with Gasteiger partial charge >= 0.3 is 0 Å². The summed E-state index contributed by atoms with van der Waals surface area (Å²) in [7, 11) is 1.60. The Morgan fingerprint density at radius 2 is 1.73 bits per heavy atom. The summed E-state index contributed by atoms with van der Waals surface area (Å²) in [6, 6.07) is 26.3. The predicted molar refractivity (Wildman–Crippen MR) is 198 cm³/mol. The molecule has 0 radical (unpaired) electrons. The molecule has 0 spiro atoms. The van der Waals surface area contributed by atoms with Crippen LogP contribution in [0.15, 0.2) is 106 Å². The van der Waals surface area contributed by atoms with Crippen LogP contribution < -0.4 is 24.8 Å². The second kappa shape index (κ2) is 15.4. The molecule has 6 rings (SSSR count). The number of halogens is 2. The third-order valence-corrected chi connectivity index (χ3v) is 9.87. The molecule has 1 unspecified atom stereocenters. The molecule has 4 aromatic carbocycles. The summed E-state index contributed by atoms with van der Waals surface area (Å²) < 4.78 is 20.4. The van der Waals surface area contributed by atoms with Crippen LogP contribution in [0.2, 0.25) is 5.02 Å². The van der Waals surface area contributed by atoms with Crippen molar-refractivity contribution >= 4 is 56.8 Å². The van der Waals surface area contributed by atoms with E-state index in [1.165, 1.54) is 11.8 Å². The average Bonchev–Trinajstić information content (AvgIpc) is 3.50. The summed E-state index contributed by atoms with van der Waals surface area (Å²) in [6.45, 7) is 6.63. The standard InChI is InChI=1S/C37H35BrClN5O4S/c1-5-47-30-17-11-10-16-29(30)41-35(45)32-23(3)40-36-42-37(49-21-25-14-8-9-15-28(25)39)43-44(36)33(32)26-18-27(38)34(31(19-26)46-4)48-20-24-13-7-6-12-22(24)2/h6-19,33H,5,20-21H2,1-4H3,(H,41,45)(H,40,42,43). The van der Waals surface area contributed by atoms with E-state index in [4.69, 9.17) is 35.9 Å². The van der Waals surface area contributed by atoms with Gasteiger partial charge in [-0.25, -0.2) is 4.68 Å². The highest BCUT2D eigenvalue weighted by Crippen LogP contribution is 2.44. The predicted octanol–water partition coefficient (Wildman–Crippen LogP) is 9.21. The van der Waals surface area contributed by atoms with Crippen LogP contribution in [0.25, 0.3) is 0 Å². The van der Waals surface area contributed by atoms with E-state index in [1.54, 1.807) is 11.8 Å². The van der Waals surface area contributed by atoms with Gasteiger partial charge in [0.1, 0.15) is 18.4 Å². The number of anilines is 2. The largest absolute Gasteiger partial charge is 0.493 e. The third kappa shape index (κ3) is 7.59. The van der Waals surface area contributed by atoms with Crippen molar-refractivity contribution in [3.63, 3.8) is 0 Å². The molecule has 1 amide bonds.